The molecule has 2 aromatic rings. The van der Waals surface area contributed by atoms with Crippen LogP contribution in [0.5, 0.6) is 5.75 Å². The van der Waals surface area contributed by atoms with Gasteiger partial charge in [-0.2, -0.15) is 0 Å². The van der Waals surface area contributed by atoms with E-state index in [1.165, 1.54) is 18.2 Å². The van der Waals surface area contributed by atoms with Crippen LogP contribution in [0.3, 0.4) is 0 Å². The molecule has 0 bridgehead atoms. The molecular formula is C16H13FN2O6. The molecule has 0 saturated heterocycles. The molecule has 1 aliphatic heterocycles. The summed E-state index contributed by atoms with van der Waals surface area (Å²) in [5.74, 6) is -3.93. The molecule has 1 atom stereocenters. The molecular weight excluding hydrogens is 335 g/mol. The molecule has 2 heterocycles. The molecule has 25 heavy (non-hydrogen) atoms. The Labute approximate surface area is 140 Å². The molecule has 1 aromatic carbocycles. The van der Waals surface area contributed by atoms with Gasteiger partial charge in [-0.3, -0.25) is 9.59 Å². The van der Waals surface area contributed by atoms with Crippen molar-refractivity contribution < 1.29 is 29.3 Å². The van der Waals surface area contributed by atoms with Gasteiger partial charge in [0.25, 0.3) is 5.91 Å². The van der Waals surface area contributed by atoms with Crippen molar-refractivity contribution >= 4 is 11.9 Å². The van der Waals surface area contributed by atoms with E-state index in [0.29, 0.717) is 5.56 Å². The highest BCUT2D eigenvalue weighted by atomic mass is 19.1. The number of fused-ring (bicyclic) bond motifs is 1. The number of halogens is 1. The SMILES string of the molecule is O=C(O)c1cn2c(c(O)c1=O)C(=O)N(Cc1cccc(F)c1)C(O)C2. The molecule has 0 fully saturated rings. The zero-order valence-corrected chi connectivity index (χ0v) is 12.7. The molecule has 1 aromatic heterocycles. The van der Waals surface area contributed by atoms with Crippen molar-refractivity contribution in [3.05, 3.63) is 63.3 Å². The highest BCUT2D eigenvalue weighted by molar-refractivity contribution is 5.97. The van der Waals surface area contributed by atoms with E-state index in [1.54, 1.807) is 6.07 Å². The van der Waals surface area contributed by atoms with Gasteiger partial charge in [-0.1, -0.05) is 12.1 Å². The number of carboxylic acid groups (broad SMARTS) is 1. The Kier molecular flexibility index (Phi) is 4.01. The maximum atomic E-state index is 13.3. The number of pyridine rings is 1. The second-order valence-corrected chi connectivity index (χ2v) is 5.57. The number of carbonyl (C=O) groups is 2. The van der Waals surface area contributed by atoms with E-state index in [9.17, 15) is 29.0 Å². The summed E-state index contributed by atoms with van der Waals surface area (Å²) in [6.07, 6.45) is -0.438. The molecule has 3 rings (SSSR count). The number of aromatic carboxylic acids is 1. The second kappa shape index (κ2) is 6.02. The van der Waals surface area contributed by atoms with Crippen molar-refractivity contribution in [2.75, 3.05) is 0 Å². The van der Waals surface area contributed by atoms with Crippen LogP contribution in [0.1, 0.15) is 26.4 Å². The van der Waals surface area contributed by atoms with E-state index in [1.807, 2.05) is 0 Å². The number of aliphatic hydroxyl groups is 1. The van der Waals surface area contributed by atoms with Gasteiger partial charge >= 0.3 is 5.97 Å². The molecule has 0 aliphatic carbocycles. The number of hydrogen-bond acceptors (Lipinski definition) is 5. The van der Waals surface area contributed by atoms with Gasteiger partial charge in [0.05, 0.1) is 6.54 Å². The number of carboxylic acids is 1. The Morgan fingerprint density at radius 3 is 2.68 bits per heavy atom. The van der Waals surface area contributed by atoms with Crippen LogP contribution in [0.25, 0.3) is 0 Å². The first kappa shape index (κ1) is 16.7. The summed E-state index contributed by atoms with van der Waals surface area (Å²) >= 11 is 0. The smallest absolute Gasteiger partial charge is 0.341 e. The maximum Gasteiger partial charge on any atom is 0.341 e. The Morgan fingerprint density at radius 2 is 2.04 bits per heavy atom. The monoisotopic (exact) mass is 348 g/mol. The first-order chi connectivity index (χ1) is 11.8. The zero-order chi connectivity index (χ0) is 18.3. The van der Waals surface area contributed by atoms with E-state index in [0.717, 1.165) is 15.7 Å². The molecule has 0 spiro atoms. The fourth-order valence-corrected chi connectivity index (χ4v) is 2.73. The summed E-state index contributed by atoms with van der Waals surface area (Å²) in [6.45, 7) is -0.392. The van der Waals surface area contributed by atoms with Crippen LogP contribution in [-0.2, 0) is 13.1 Å². The van der Waals surface area contributed by atoms with Gasteiger partial charge in [-0.25, -0.2) is 9.18 Å². The van der Waals surface area contributed by atoms with E-state index in [-0.39, 0.29) is 13.1 Å². The number of benzene rings is 1. The minimum absolute atomic E-state index is 0.147. The quantitative estimate of drug-likeness (QED) is 0.737. The minimum Gasteiger partial charge on any atom is -0.503 e. The average molecular weight is 348 g/mol. The van der Waals surface area contributed by atoms with Gasteiger partial charge in [-0.15, -0.1) is 0 Å². The fraction of sp³-hybridized carbons (Fsp3) is 0.188. The lowest BCUT2D eigenvalue weighted by Gasteiger charge is -2.34. The largest absolute Gasteiger partial charge is 0.503 e. The standard InChI is InChI=1S/C16H13FN2O6/c17-9-3-1-2-8(4-9)5-19-11(20)7-18-6-10(16(24)25)13(21)14(22)12(18)15(19)23/h1-4,6,11,20,22H,5,7H2,(H,24,25). The van der Waals surface area contributed by atoms with Crippen molar-refractivity contribution in [2.45, 2.75) is 19.3 Å². The van der Waals surface area contributed by atoms with E-state index >= 15 is 0 Å². The molecule has 9 heteroatoms. The number of amides is 1. The van der Waals surface area contributed by atoms with Crippen LogP contribution in [0.4, 0.5) is 4.39 Å². The number of aliphatic hydroxyl groups excluding tert-OH is 1. The van der Waals surface area contributed by atoms with E-state index in [2.05, 4.69) is 0 Å². The summed E-state index contributed by atoms with van der Waals surface area (Å²) in [7, 11) is 0. The lowest BCUT2D eigenvalue weighted by molar-refractivity contribution is -0.0163. The Bertz CT molecular complexity index is 939. The van der Waals surface area contributed by atoms with Crippen LogP contribution in [-0.4, -0.2) is 42.9 Å². The highest BCUT2D eigenvalue weighted by Crippen LogP contribution is 2.24. The van der Waals surface area contributed by atoms with Gasteiger partial charge in [0.1, 0.15) is 17.6 Å². The first-order valence-corrected chi connectivity index (χ1v) is 7.22. The van der Waals surface area contributed by atoms with Gasteiger partial charge < -0.3 is 24.8 Å². The summed E-state index contributed by atoms with van der Waals surface area (Å²) in [5, 5.41) is 29.1. The second-order valence-electron chi connectivity index (χ2n) is 5.57. The third-order valence-corrected chi connectivity index (χ3v) is 3.91. The summed E-state index contributed by atoms with van der Waals surface area (Å²) < 4.78 is 14.3. The molecule has 1 amide bonds. The highest BCUT2D eigenvalue weighted by Gasteiger charge is 2.35. The van der Waals surface area contributed by atoms with Crippen molar-refractivity contribution in [3.8, 4) is 5.75 Å². The zero-order valence-electron chi connectivity index (χ0n) is 12.7. The number of rotatable bonds is 3. The van der Waals surface area contributed by atoms with Crippen molar-refractivity contribution in [3.63, 3.8) is 0 Å². The van der Waals surface area contributed by atoms with Crippen LogP contribution in [0.15, 0.2) is 35.3 Å². The maximum absolute atomic E-state index is 13.3. The molecule has 130 valence electrons. The lowest BCUT2D eigenvalue weighted by Crippen LogP contribution is -2.48. The summed E-state index contributed by atoms with van der Waals surface area (Å²) in [6, 6.07) is 5.42. The van der Waals surface area contributed by atoms with E-state index < -0.39 is 46.4 Å². The lowest BCUT2D eigenvalue weighted by atomic mass is 10.1. The van der Waals surface area contributed by atoms with Crippen LogP contribution >= 0.6 is 0 Å². The Balaban J connectivity index is 2.03. The van der Waals surface area contributed by atoms with Crippen molar-refractivity contribution in [1.82, 2.24) is 9.47 Å². The average Bonchev–Trinajstić information content (AvgIpc) is 2.54. The molecule has 0 radical (unpaired) electrons. The van der Waals surface area contributed by atoms with Crippen LogP contribution in [0, 0.1) is 5.82 Å². The molecule has 1 aliphatic rings. The van der Waals surface area contributed by atoms with Crippen LogP contribution < -0.4 is 5.43 Å². The fourth-order valence-electron chi connectivity index (χ4n) is 2.73. The minimum atomic E-state index is -1.56. The van der Waals surface area contributed by atoms with Crippen LogP contribution in [0.2, 0.25) is 0 Å². The number of hydrogen-bond donors (Lipinski definition) is 3. The predicted octanol–water partition coefficient (Wildman–Crippen LogP) is 0.366. The third-order valence-electron chi connectivity index (χ3n) is 3.91. The van der Waals surface area contributed by atoms with Crippen molar-refractivity contribution in [2.24, 2.45) is 0 Å². The Hall–Kier alpha value is -3.20. The molecule has 8 nitrogen and oxygen atoms in total. The topological polar surface area (TPSA) is 120 Å². The molecule has 3 N–H and O–H groups in total. The first-order valence-electron chi connectivity index (χ1n) is 7.22. The van der Waals surface area contributed by atoms with Crippen molar-refractivity contribution in [1.29, 1.82) is 0 Å². The summed E-state index contributed by atoms with van der Waals surface area (Å²) in [5.41, 5.74) is -1.91. The van der Waals surface area contributed by atoms with E-state index in [4.69, 9.17) is 5.11 Å². The molecule has 1 unspecified atom stereocenters. The van der Waals surface area contributed by atoms with Gasteiger partial charge in [0.2, 0.25) is 5.43 Å². The number of aromatic nitrogens is 1. The van der Waals surface area contributed by atoms with Gasteiger partial charge in [0.15, 0.2) is 11.4 Å². The van der Waals surface area contributed by atoms with Gasteiger partial charge in [-0.05, 0) is 17.7 Å². The van der Waals surface area contributed by atoms with Gasteiger partial charge in [0, 0.05) is 12.7 Å². The number of aromatic hydroxyl groups is 1. The number of nitrogens with zero attached hydrogens (tertiary/aromatic N) is 2. The summed E-state index contributed by atoms with van der Waals surface area (Å²) in [4.78, 5) is 36.5. The normalized spacial score (nSPS) is 16.6. The third kappa shape index (κ3) is 2.85. The Morgan fingerprint density at radius 1 is 1.32 bits per heavy atom. The predicted molar refractivity (Wildman–Crippen MR) is 81.6 cm³/mol. The molecule has 0 saturated carbocycles. The number of carbonyl (C=O) groups excluding carboxylic acids is 1.